The third-order valence-electron chi connectivity index (χ3n) is 2.38. The lowest BCUT2D eigenvalue weighted by Gasteiger charge is -2.04. The lowest BCUT2D eigenvalue weighted by atomic mass is 10.3. The van der Waals surface area contributed by atoms with E-state index in [1.165, 1.54) is 24.3 Å². The summed E-state index contributed by atoms with van der Waals surface area (Å²) >= 11 is 0. The number of hydrogen-bond donors (Lipinski definition) is 0. The van der Waals surface area contributed by atoms with E-state index in [-0.39, 0.29) is 16.9 Å². The topological polar surface area (TPSA) is 119 Å². The first-order chi connectivity index (χ1) is 9.34. The Balaban J connectivity index is 2.62. The monoisotopic (exact) mass is 312 g/mol. The normalized spacial score (nSPS) is 11.0. The van der Waals surface area contributed by atoms with Crippen LogP contribution in [0.3, 0.4) is 0 Å². The Labute approximate surface area is 117 Å². The van der Waals surface area contributed by atoms with Crippen molar-refractivity contribution in [3.8, 4) is 11.8 Å². The van der Waals surface area contributed by atoms with Gasteiger partial charge in [0, 0.05) is 22.8 Å². The molecular formula is C10H5ClN4O4S. The summed E-state index contributed by atoms with van der Waals surface area (Å²) in [5, 5.41) is 22.7. The standard InChI is InChI=1S/C10H5ClN4O4S/c11-20(18,19)10-7(5-12)6-13-14(10)8-1-3-9(4-2-8)15(16)17/h1-4,6H. The van der Waals surface area contributed by atoms with E-state index in [1.807, 2.05) is 0 Å². The highest BCUT2D eigenvalue weighted by Gasteiger charge is 2.24. The molecule has 0 amide bonds. The number of rotatable bonds is 3. The maximum atomic E-state index is 11.5. The van der Waals surface area contributed by atoms with Crippen molar-refractivity contribution < 1.29 is 13.3 Å². The van der Waals surface area contributed by atoms with Gasteiger partial charge in [0.2, 0.25) is 0 Å². The molecule has 0 unspecified atom stereocenters. The fourth-order valence-corrected chi connectivity index (χ4v) is 2.71. The number of halogens is 1. The summed E-state index contributed by atoms with van der Waals surface area (Å²) in [7, 11) is 1.08. The van der Waals surface area contributed by atoms with Crippen LogP contribution in [0.5, 0.6) is 0 Å². The Kier molecular flexibility index (Phi) is 3.44. The molecule has 0 aliphatic rings. The van der Waals surface area contributed by atoms with Crippen LogP contribution in [-0.2, 0) is 9.05 Å². The number of nitrogens with zero attached hydrogens (tertiary/aromatic N) is 4. The third-order valence-corrected chi connectivity index (χ3v) is 3.67. The van der Waals surface area contributed by atoms with Crippen LogP contribution >= 0.6 is 10.7 Å². The quantitative estimate of drug-likeness (QED) is 0.482. The van der Waals surface area contributed by atoms with Gasteiger partial charge in [0.1, 0.15) is 11.6 Å². The Morgan fingerprint density at radius 1 is 1.35 bits per heavy atom. The minimum absolute atomic E-state index is 0.156. The van der Waals surface area contributed by atoms with E-state index >= 15 is 0 Å². The van der Waals surface area contributed by atoms with Gasteiger partial charge in [-0.3, -0.25) is 10.1 Å². The van der Waals surface area contributed by atoms with Gasteiger partial charge in [-0.15, -0.1) is 0 Å². The Hall–Kier alpha value is -2.44. The molecule has 1 heterocycles. The molecule has 0 aliphatic heterocycles. The molecule has 0 saturated carbocycles. The van der Waals surface area contributed by atoms with Crippen LogP contribution in [0.4, 0.5) is 5.69 Å². The molecule has 1 aromatic carbocycles. The summed E-state index contributed by atoms with van der Waals surface area (Å²) in [5.74, 6) is 0. The average Bonchev–Trinajstić information content (AvgIpc) is 2.82. The molecule has 1 aromatic heterocycles. The predicted octanol–water partition coefficient (Wildman–Crippen LogP) is 1.58. The van der Waals surface area contributed by atoms with Gasteiger partial charge in [0.25, 0.3) is 14.7 Å². The Morgan fingerprint density at radius 2 is 1.95 bits per heavy atom. The third kappa shape index (κ3) is 2.47. The molecule has 0 atom stereocenters. The number of nitriles is 1. The number of benzene rings is 1. The molecule has 2 rings (SSSR count). The lowest BCUT2D eigenvalue weighted by Crippen LogP contribution is -2.06. The van der Waals surface area contributed by atoms with Crippen LogP contribution in [0.2, 0.25) is 0 Å². The second-order valence-electron chi connectivity index (χ2n) is 3.60. The molecule has 0 aliphatic carbocycles. The van der Waals surface area contributed by atoms with E-state index in [1.54, 1.807) is 6.07 Å². The summed E-state index contributed by atoms with van der Waals surface area (Å²) < 4.78 is 23.9. The highest BCUT2D eigenvalue weighted by molar-refractivity contribution is 8.13. The average molecular weight is 313 g/mol. The van der Waals surface area contributed by atoms with E-state index < -0.39 is 19.0 Å². The second kappa shape index (κ2) is 4.92. The van der Waals surface area contributed by atoms with Gasteiger partial charge in [0.15, 0.2) is 5.03 Å². The molecule has 0 fully saturated rings. The number of nitro benzene ring substituents is 1. The molecule has 10 heteroatoms. The van der Waals surface area contributed by atoms with E-state index in [0.717, 1.165) is 10.9 Å². The van der Waals surface area contributed by atoms with Gasteiger partial charge in [-0.2, -0.15) is 10.4 Å². The second-order valence-corrected chi connectivity index (χ2v) is 6.08. The largest absolute Gasteiger partial charge is 0.280 e. The van der Waals surface area contributed by atoms with Crippen LogP contribution in [0.25, 0.3) is 5.69 Å². The summed E-state index contributed by atoms with van der Waals surface area (Å²) in [6.45, 7) is 0. The van der Waals surface area contributed by atoms with Crippen LogP contribution < -0.4 is 0 Å². The zero-order valence-corrected chi connectivity index (χ0v) is 11.2. The van der Waals surface area contributed by atoms with Crippen LogP contribution in [-0.4, -0.2) is 23.1 Å². The number of aromatic nitrogens is 2. The fourth-order valence-electron chi connectivity index (χ4n) is 1.55. The van der Waals surface area contributed by atoms with E-state index in [2.05, 4.69) is 5.10 Å². The first-order valence-electron chi connectivity index (χ1n) is 5.02. The molecule has 102 valence electrons. The van der Waals surface area contributed by atoms with Gasteiger partial charge in [-0.25, -0.2) is 13.1 Å². The lowest BCUT2D eigenvalue weighted by molar-refractivity contribution is -0.384. The highest BCUT2D eigenvalue weighted by atomic mass is 35.7. The first kappa shape index (κ1) is 14.0. The SMILES string of the molecule is N#Cc1cnn(-c2ccc([N+](=O)[O-])cc2)c1S(=O)(=O)Cl. The molecule has 0 bridgehead atoms. The van der Waals surface area contributed by atoms with Gasteiger partial charge in [-0.05, 0) is 12.1 Å². The molecule has 2 aromatic rings. The molecule has 0 radical (unpaired) electrons. The van der Waals surface area contributed by atoms with Crippen molar-refractivity contribution in [3.63, 3.8) is 0 Å². The fraction of sp³-hybridized carbons (Fsp3) is 0. The molecule has 0 spiro atoms. The Bertz CT molecular complexity index is 820. The summed E-state index contributed by atoms with van der Waals surface area (Å²) in [6, 6.07) is 6.65. The number of non-ortho nitro benzene ring substituents is 1. The van der Waals surface area contributed by atoms with E-state index in [9.17, 15) is 18.5 Å². The van der Waals surface area contributed by atoms with Gasteiger partial charge in [0.05, 0.1) is 16.8 Å². The maximum Gasteiger partial charge on any atom is 0.280 e. The van der Waals surface area contributed by atoms with Gasteiger partial charge in [-0.1, -0.05) is 0 Å². The molecule has 0 N–H and O–H groups in total. The van der Waals surface area contributed by atoms with Crippen molar-refractivity contribution >= 4 is 25.4 Å². The summed E-state index contributed by atoms with van der Waals surface area (Å²) in [6.07, 6.45) is 1.05. The molecule has 0 saturated heterocycles. The van der Waals surface area contributed by atoms with Crippen molar-refractivity contribution in [2.75, 3.05) is 0 Å². The van der Waals surface area contributed by atoms with Crippen molar-refractivity contribution in [2.24, 2.45) is 0 Å². The van der Waals surface area contributed by atoms with Crippen LogP contribution in [0.15, 0.2) is 35.5 Å². The molecule has 8 nitrogen and oxygen atoms in total. The van der Waals surface area contributed by atoms with Crippen molar-refractivity contribution in [3.05, 3.63) is 46.1 Å². The van der Waals surface area contributed by atoms with Crippen LogP contribution in [0.1, 0.15) is 5.56 Å². The number of hydrogen-bond acceptors (Lipinski definition) is 6. The first-order valence-corrected chi connectivity index (χ1v) is 7.33. The minimum atomic E-state index is -4.19. The zero-order valence-electron chi connectivity index (χ0n) is 9.59. The van der Waals surface area contributed by atoms with Crippen molar-refractivity contribution in [1.82, 2.24) is 9.78 Å². The molecule has 20 heavy (non-hydrogen) atoms. The van der Waals surface area contributed by atoms with E-state index in [4.69, 9.17) is 15.9 Å². The van der Waals surface area contributed by atoms with E-state index in [0.29, 0.717) is 0 Å². The predicted molar refractivity (Wildman–Crippen MR) is 68.0 cm³/mol. The summed E-state index contributed by atoms with van der Waals surface area (Å²) in [4.78, 5) is 9.96. The molecular weight excluding hydrogens is 308 g/mol. The highest BCUT2D eigenvalue weighted by Crippen LogP contribution is 2.24. The summed E-state index contributed by atoms with van der Waals surface area (Å²) in [5.41, 5.74) is -0.133. The number of nitro groups is 1. The van der Waals surface area contributed by atoms with Gasteiger partial charge >= 0.3 is 0 Å². The minimum Gasteiger partial charge on any atom is -0.258 e. The maximum absolute atomic E-state index is 11.5. The zero-order chi connectivity index (χ0) is 14.9. The smallest absolute Gasteiger partial charge is 0.258 e. The van der Waals surface area contributed by atoms with Crippen molar-refractivity contribution in [1.29, 1.82) is 5.26 Å². The van der Waals surface area contributed by atoms with Crippen molar-refractivity contribution in [2.45, 2.75) is 5.03 Å². The van der Waals surface area contributed by atoms with Crippen LogP contribution in [0, 0.1) is 21.4 Å². The van der Waals surface area contributed by atoms with Gasteiger partial charge < -0.3 is 0 Å². The Morgan fingerprint density at radius 3 is 2.40 bits per heavy atom.